The molecule has 3 heteroatoms. The fourth-order valence-corrected chi connectivity index (χ4v) is 0. The Balaban J connectivity index is -0.0000000431. The third kappa shape index (κ3) is 5500. The van der Waals surface area contributed by atoms with Gasteiger partial charge in [-0.3, -0.25) is 4.79 Å². The monoisotopic (exact) mass is 193 g/mol. The van der Waals surface area contributed by atoms with E-state index in [2.05, 4.69) is 20.8 Å². The molecule has 0 aromatic rings. The molecule has 84 valence electrons. The molecule has 0 saturated heterocycles. The van der Waals surface area contributed by atoms with Gasteiger partial charge in [0.25, 0.3) is 5.97 Å². The van der Waals surface area contributed by atoms with Gasteiger partial charge >= 0.3 is 0 Å². The molecule has 3 nitrogen and oxygen atoms in total. The Morgan fingerprint density at radius 1 is 1.23 bits per heavy atom. The second kappa shape index (κ2) is 42.2. The van der Waals surface area contributed by atoms with Crippen molar-refractivity contribution < 1.29 is 9.90 Å². The van der Waals surface area contributed by atoms with Crippen LogP contribution in [0.4, 0.5) is 0 Å². The van der Waals surface area contributed by atoms with E-state index in [1.54, 1.807) is 0 Å². The lowest BCUT2D eigenvalue weighted by atomic mass is 10.5. The van der Waals surface area contributed by atoms with Gasteiger partial charge < -0.3 is 10.8 Å². The van der Waals surface area contributed by atoms with Crippen LogP contribution in [0.2, 0.25) is 0 Å². The molecule has 0 unspecified atom stereocenters. The molecule has 0 aliphatic carbocycles. The summed E-state index contributed by atoms with van der Waals surface area (Å²) < 4.78 is 0. The highest BCUT2D eigenvalue weighted by atomic mass is 16.4. The average molecular weight is 193 g/mol. The fourth-order valence-electron chi connectivity index (χ4n) is 0. The zero-order chi connectivity index (χ0) is 11.7. The van der Waals surface area contributed by atoms with Crippen LogP contribution in [0.5, 0.6) is 0 Å². The molecule has 0 rings (SSSR count). The Labute approximate surface area is 83.3 Å². The first kappa shape index (κ1) is 22.9. The Kier molecular flexibility index (Phi) is 74.1. The van der Waals surface area contributed by atoms with Crippen LogP contribution in [0, 0.1) is 0 Å². The molecule has 3 N–H and O–H groups in total. The van der Waals surface area contributed by atoms with Crippen molar-refractivity contribution in [1.82, 2.24) is 0 Å². The highest BCUT2D eigenvalue weighted by molar-refractivity contribution is 5.62. The number of hydrogen-bond donors (Lipinski definition) is 2. The first-order chi connectivity index (χ1) is 6.06. The average Bonchev–Trinajstić information content (AvgIpc) is 2.08. The number of rotatable bonds is 1. The van der Waals surface area contributed by atoms with Crippen molar-refractivity contribution in [2.24, 2.45) is 5.73 Å². The largest absolute Gasteiger partial charge is 0.481 e. The van der Waals surface area contributed by atoms with Gasteiger partial charge in [-0.1, -0.05) is 41.0 Å². The summed E-state index contributed by atoms with van der Waals surface area (Å²) in [5, 5.41) is 7.42. The molecule has 0 saturated carbocycles. The molecule has 0 aliphatic rings. The Hall–Kier alpha value is -0.570. The van der Waals surface area contributed by atoms with E-state index < -0.39 is 5.97 Å². The summed E-state index contributed by atoms with van der Waals surface area (Å²) in [4.78, 5) is 9.00. The van der Waals surface area contributed by atoms with E-state index in [1.165, 1.54) is 6.42 Å². The van der Waals surface area contributed by atoms with Crippen molar-refractivity contribution in [3.63, 3.8) is 0 Å². The van der Waals surface area contributed by atoms with Gasteiger partial charge in [-0.25, -0.2) is 0 Å². The van der Waals surface area contributed by atoms with E-state index in [-0.39, 0.29) is 0 Å². The summed E-state index contributed by atoms with van der Waals surface area (Å²) in [6, 6.07) is 0. The lowest BCUT2D eigenvalue weighted by Crippen LogP contribution is -1.93. The molecule has 0 aromatic heterocycles. The van der Waals surface area contributed by atoms with Gasteiger partial charge in [-0.15, -0.1) is 0 Å². The summed E-state index contributed by atoms with van der Waals surface area (Å²) >= 11 is 0. The maximum atomic E-state index is 9.00. The minimum Gasteiger partial charge on any atom is -0.481 e. The number of nitrogens with two attached hydrogens (primary N) is 1. The molecule has 0 aromatic carbocycles. The zero-order valence-electron chi connectivity index (χ0n) is 10.1. The standard InChI is InChI=1S/C3H9N.C3H8.C2H4O2.C2H6/c1-2-3-4;1-3-2;1-2(3)4;1-2/h2-4H2,1H3;3H2,1-2H3;1H3,(H,3,4);1-2H3. The first-order valence-electron chi connectivity index (χ1n) is 4.96. The molecular formula is C10H27NO2. The second-order valence-corrected chi connectivity index (χ2v) is 2.01. The summed E-state index contributed by atoms with van der Waals surface area (Å²) in [6.07, 6.45) is 2.35. The number of hydrogen-bond acceptors (Lipinski definition) is 2. The number of aliphatic carboxylic acids is 1. The van der Waals surface area contributed by atoms with Crippen LogP contribution in [0.3, 0.4) is 0 Å². The molecule has 0 radical (unpaired) electrons. The Morgan fingerprint density at radius 3 is 1.31 bits per heavy atom. The molecule has 0 amide bonds. The van der Waals surface area contributed by atoms with Crippen molar-refractivity contribution in [2.45, 2.75) is 54.4 Å². The van der Waals surface area contributed by atoms with Gasteiger partial charge in [0.2, 0.25) is 0 Å². The highest BCUT2D eigenvalue weighted by Gasteiger charge is 1.65. The van der Waals surface area contributed by atoms with E-state index in [0.29, 0.717) is 0 Å². The van der Waals surface area contributed by atoms with E-state index in [1.807, 2.05) is 13.8 Å². The topological polar surface area (TPSA) is 63.3 Å². The van der Waals surface area contributed by atoms with Crippen LogP contribution in [-0.4, -0.2) is 17.6 Å². The van der Waals surface area contributed by atoms with Crippen LogP contribution in [0.1, 0.15) is 54.4 Å². The fraction of sp³-hybridized carbons (Fsp3) is 0.900. The molecule has 0 heterocycles. The molecule has 13 heavy (non-hydrogen) atoms. The number of carboxylic acid groups (broad SMARTS) is 1. The molecule has 0 aliphatic heterocycles. The third-order valence-electron chi connectivity index (χ3n) is 0.289. The highest BCUT2D eigenvalue weighted by Crippen LogP contribution is 1.57. The van der Waals surface area contributed by atoms with Crippen LogP contribution in [0.15, 0.2) is 0 Å². The van der Waals surface area contributed by atoms with E-state index in [4.69, 9.17) is 15.6 Å². The maximum absolute atomic E-state index is 9.00. The van der Waals surface area contributed by atoms with Gasteiger partial charge in [-0.2, -0.15) is 0 Å². The summed E-state index contributed by atoms with van der Waals surface area (Å²) in [5.74, 6) is -0.833. The first-order valence-corrected chi connectivity index (χ1v) is 4.96. The van der Waals surface area contributed by atoms with Crippen molar-refractivity contribution >= 4 is 5.97 Å². The van der Waals surface area contributed by atoms with Gasteiger partial charge in [0, 0.05) is 6.92 Å². The Bertz CT molecular complexity index is 59.9. The van der Waals surface area contributed by atoms with Crippen LogP contribution >= 0.6 is 0 Å². The lowest BCUT2D eigenvalue weighted by Gasteiger charge is -1.70. The van der Waals surface area contributed by atoms with Crippen LogP contribution in [0.25, 0.3) is 0 Å². The number of carboxylic acids is 1. The predicted octanol–water partition coefficient (Wildman–Crippen LogP) is 2.89. The second-order valence-electron chi connectivity index (χ2n) is 2.01. The molecule has 0 spiro atoms. The van der Waals surface area contributed by atoms with Crippen LogP contribution < -0.4 is 5.73 Å². The normalized spacial score (nSPS) is 6.08. The number of carbonyl (C=O) groups is 1. The Morgan fingerprint density at radius 2 is 1.31 bits per heavy atom. The smallest absolute Gasteiger partial charge is 0.300 e. The zero-order valence-corrected chi connectivity index (χ0v) is 10.1. The van der Waals surface area contributed by atoms with Crippen LogP contribution in [-0.2, 0) is 4.79 Å². The lowest BCUT2D eigenvalue weighted by molar-refractivity contribution is -0.134. The van der Waals surface area contributed by atoms with E-state index >= 15 is 0 Å². The van der Waals surface area contributed by atoms with Gasteiger partial charge in [-0.05, 0) is 13.0 Å². The molecule has 0 bridgehead atoms. The molecular weight excluding hydrogens is 166 g/mol. The van der Waals surface area contributed by atoms with Crippen molar-refractivity contribution in [3.8, 4) is 0 Å². The van der Waals surface area contributed by atoms with Crippen molar-refractivity contribution in [1.29, 1.82) is 0 Å². The third-order valence-corrected chi connectivity index (χ3v) is 0.289. The molecule has 0 fully saturated rings. The molecule has 0 atom stereocenters. The SMILES string of the molecule is CC.CC(=O)O.CCC.CCCN. The summed E-state index contributed by atoms with van der Waals surface area (Å²) in [7, 11) is 0. The van der Waals surface area contributed by atoms with Crippen molar-refractivity contribution in [2.75, 3.05) is 6.54 Å². The van der Waals surface area contributed by atoms with E-state index in [0.717, 1.165) is 19.9 Å². The van der Waals surface area contributed by atoms with E-state index in [9.17, 15) is 0 Å². The van der Waals surface area contributed by atoms with Gasteiger partial charge in [0.05, 0.1) is 0 Å². The minimum atomic E-state index is -0.833. The summed E-state index contributed by atoms with van der Waals surface area (Å²) in [5.41, 5.74) is 5.03. The maximum Gasteiger partial charge on any atom is 0.300 e. The quantitative estimate of drug-likeness (QED) is 0.673. The predicted molar refractivity (Wildman–Crippen MR) is 60.0 cm³/mol. The van der Waals surface area contributed by atoms with Crippen molar-refractivity contribution in [3.05, 3.63) is 0 Å². The van der Waals surface area contributed by atoms with Gasteiger partial charge in [0.15, 0.2) is 0 Å². The summed E-state index contributed by atoms with van der Waals surface area (Å²) in [6.45, 7) is 12.2. The van der Waals surface area contributed by atoms with Gasteiger partial charge in [0.1, 0.15) is 0 Å². The minimum absolute atomic E-state index is 0.819.